The van der Waals surface area contributed by atoms with Gasteiger partial charge in [0.05, 0.1) is 0 Å². The number of nitrogens with zero attached hydrogens (tertiary/aromatic N) is 1. The van der Waals surface area contributed by atoms with E-state index in [0.29, 0.717) is 6.04 Å². The Morgan fingerprint density at radius 2 is 1.89 bits per heavy atom. The molecule has 100 valence electrons. The van der Waals surface area contributed by atoms with Crippen molar-refractivity contribution >= 4 is 0 Å². The van der Waals surface area contributed by atoms with E-state index < -0.39 is 0 Å². The fraction of sp³-hybridized carbons (Fsp3) is 0.600. The second-order valence-corrected chi connectivity index (χ2v) is 5.43. The van der Waals surface area contributed by atoms with E-state index in [9.17, 15) is 4.39 Å². The summed E-state index contributed by atoms with van der Waals surface area (Å²) in [5, 5.41) is 3.56. The maximum absolute atomic E-state index is 12.8. The third-order valence-electron chi connectivity index (χ3n) is 3.92. The number of hydrogen-bond donors (Lipinski definition) is 1. The Hall–Kier alpha value is -0.930. The molecule has 1 aromatic rings. The van der Waals surface area contributed by atoms with E-state index >= 15 is 0 Å². The van der Waals surface area contributed by atoms with Crippen LogP contribution in [0.1, 0.15) is 31.4 Å². The highest BCUT2D eigenvalue weighted by Crippen LogP contribution is 2.17. The lowest BCUT2D eigenvalue weighted by Gasteiger charge is -2.30. The molecule has 1 fully saturated rings. The molecule has 1 heterocycles. The van der Waals surface area contributed by atoms with Crippen molar-refractivity contribution in [3.8, 4) is 0 Å². The van der Waals surface area contributed by atoms with Gasteiger partial charge in [0.2, 0.25) is 0 Å². The Morgan fingerprint density at radius 1 is 1.28 bits per heavy atom. The van der Waals surface area contributed by atoms with Gasteiger partial charge in [-0.05, 0) is 70.1 Å². The molecule has 0 radical (unpaired) electrons. The molecule has 1 aliphatic rings. The molecular weight excluding hydrogens is 227 g/mol. The van der Waals surface area contributed by atoms with E-state index in [-0.39, 0.29) is 5.82 Å². The van der Waals surface area contributed by atoms with Crippen molar-refractivity contribution in [2.24, 2.45) is 5.92 Å². The maximum Gasteiger partial charge on any atom is 0.123 e. The predicted octanol–water partition coefficient (Wildman–Crippen LogP) is 2.82. The number of rotatable bonds is 4. The Balaban J connectivity index is 1.77. The van der Waals surface area contributed by atoms with Crippen LogP contribution in [0, 0.1) is 11.7 Å². The van der Waals surface area contributed by atoms with E-state index in [1.165, 1.54) is 38.1 Å². The molecule has 0 saturated carbocycles. The van der Waals surface area contributed by atoms with Gasteiger partial charge in [0, 0.05) is 6.04 Å². The van der Waals surface area contributed by atoms with E-state index in [1.807, 2.05) is 12.1 Å². The molecule has 0 aliphatic carbocycles. The Kier molecular flexibility index (Phi) is 4.72. The minimum atomic E-state index is -0.165. The van der Waals surface area contributed by atoms with E-state index in [1.54, 1.807) is 0 Å². The van der Waals surface area contributed by atoms with Gasteiger partial charge in [0.25, 0.3) is 0 Å². The molecule has 1 N–H and O–H groups in total. The maximum atomic E-state index is 12.8. The summed E-state index contributed by atoms with van der Waals surface area (Å²) >= 11 is 0. The number of benzene rings is 1. The summed E-state index contributed by atoms with van der Waals surface area (Å²) in [6, 6.07) is 7.08. The zero-order valence-corrected chi connectivity index (χ0v) is 11.3. The summed E-state index contributed by atoms with van der Waals surface area (Å²) in [5.74, 6) is 0.616. The summed E-state index contributed by atoms with van der Waals surface area (Å²) < 4.78 is 12.8. The second kappa shape index (κ2) is 6.30. The van der Waals surface area contributed by atoms with Gasteiger partial charge in [0.15, 0.2) is 0 Å². The monoisotopic (exact) mass is 250 g/mol. The standard InChI is InChI=1S/C15H23FN2/c1-12(14-3-5-15(16)6-4-14)17-11-13-7-9-18(2)10-8-13/h3-6,12-13,17H,7-11H2,1-2H3. The number of likely N-dealkylation sites (tertiary alicyclic amines) is 1. The number of hydrogen-bond acceptors (Lipinski definition) is 2. The van der Waals surface area contributed by atoms with E-state index in [4.69, 9.17) is 0 Å². The van der Waals surface area contributed by atoms with Gasteiger partial charge in [0.1, 0.15) is 5.82 Å². The number of nitrogens with one attached hydrogen (secondary N) is 1. The lowest BCUT2D eigenvalue weighted by molar-refractivity contribution is 0.213. The van der Waals surface area contributed by atoms with Crippen LogP contribution in [0.5, 0.6) is 0 Å². The van der Waals surface area contributed by atoms with Gasteiger partial charge in [-0.2, -0.15) is 0 Å². The van der Waals surface area contributed by atoms with Gasteiger partial charge >= 0.3 is 0 Å². The van der Waals surface area contributed by atoms with Crippen LogP contribution in [0.4, 0.5) is 4.39 Å². The average molecular weight is 250 g/mol. The average Bonchev–Trinajstić information content (AvgIpc) is 2.38. The van der Waals surface area contributed by atoms with Crippen LogP contribution in [0.15, 0.2) is 24.3 Å². The molecule has 2 rings (SSSR count). The molecule has 2 nitrogen and oxygen atoms in total. The topological polar surface area (TPSA) is 15.3 Å². The first-order chi connectivity index (χ1) is 8.65. The molecule has 0 aromatic heterocycles. The van der Waals surface area contributed by atoms with Crippen molar-refractivity contribution < 1.29 is 4.39 Å². The first-order valence-electron chi connectivity index (χ1n) is 6.82. The van der Waals surface area contributed by atoms with Crippen LogP contribution >= 0.6 is 0 Å². The van der Waals surface area contributed by atoms with E-state index in [2.05, 4.69) is 24.2 Å². The van der Waals surface area contributed by atoms with Crippen molar-refractivity contribution in [1.82, 2.24) is 10.2 Å². The quantitative estimate of drug-likeness (QED) is 0.884. The molecule has 1 atom stereocenters. The normalized spacial score (nSPS) is 19.9. The second-order valence-electron chi connectivity index (χ2n) is 5.43. The highest BCUT2D eigenvalue weighted by molar-refractivity contribution is 5.19. The molecular formula is C15H23FN2. The van der Waals surface area contributed by atoms with Gasteiger partial charge in [-0.1, -0.05) is 12.1 Å². The Morgan fingerprint density at radius 3 is 2.50 bits per heavy atom. The summed E-state index contributed by atoms with van der Waals surface area (Å²) in [5.41, 5.74) is 1.16. The molecule has 0 spiro atoms. The third kappa shape index (κ3) is 3.79. The fourth-order valence-corrected chi connectivity index (χ4v) is 2.48. The first kappa shape index (κ1) is 13.5. The molecule has 3 heteroatoms. The predicted molar refractivity (Wildman–Crippen MR) is 73.0 cm³/mol. The van der Waals surface area contributed by atoms with E-state index in [0.717, 1.165) is 18.0 Å². The Labute approximate surface area is 109 Å². The van der Waals surface area contributed by atoms with Crippen molar-refractivity contribution in [2.45, 2.75) is 25.8 Å². The minimum absolute atomic E-state index is 0.165. The van der Waals surface area contributed by atoms with Crippen molar-refractivity contribution in [3.05, 3.63) is 35.6 Å². The van der Waals surface area contributed by atoms with Gasteiger partial charge in [-0.3, -0.25) is 0 Å². The molecule has 0 bridgehead atoms. The lowest BCUT2D eigenvalue weighted by atomic mass is 9.96. The van der Waals surface area contributed by atoms with Gasteiger partial charge in [-0.15, -0.1) is 0 Å². The fourth-order valence-electron chi connectivity index (χ4n) is 2.48. The SMILES string of the molecule is CC(NCC1CCN(C)CC1)c1ccc(F)cc1. The minimum Gasteiger partial charge on any atom is -0.310 e. The van der Waals surface area contributed by atoms with Gasteiger partial charge in [-0.25, -0.2) is 4.39 Å². The molecule has 1 saturated heterocycles. The van der Waals surface area contributed by atoms with Crippen LogP contribution in [0.25, 0.3) is 0 Å². The van der Waals surface area contributed by atoms with Crippen LogP contribution < -0.4 is 5.32 Å². The number of halogens is 1. The van der Waals surface area contributed by atoms with Crippen molar-refractivity contribution in [2.75, 3.05) is 26.7 Å². The van der Waals surface area contributed by atoms with Crippen LogP contribution in [0.3, 0.4) is 0 Å². The number of piperidine rings is 1. The highest BCUT2D eigenvalue weighted by Gasteiger charge is 2.17. The molecule has 1 unspecified atom stereocenters. The largest absolute Gasteiger partial charge is 0.310 e. The zero-order valence-electron chi connectivity index (χ0n) is 11.3. The Bertz CT molecular complexity index is 355. The molecule has 1 aliphatic heterocycles. The summed E-state index contributed by atoms with van der Waals surface area (Å²) in [6.07, 6.45) is 2.55. The highest BCUT2D eigenvalue weighted by atomic mass is 19.1. The van der Waals surface area contributed by atoms with Crippen molar-refractivity contribution in [1.29, 1.82) is 0 Å². The summed E-state index contributed by atoms with van der Waals surface area (Å²) in [7, 11) is 2.19. The molecule has 1 aromatic carbocycles. The molecule has 0 amide bonds. The molecule has 18 heavy (non-hydrogen) atoms. The van der Waals surface area contributed by atoms with Crippen LogP contribution in [-0.4, -0.2) is 31.6 Å². The van der Waals surface area contributed by atoms with Crippen LogP contribution in [-0.2, 0) is 0 Å². The van der Waals surface area contributed by atoms with Crippen LogP contribution in [0.2, 0.25) is 0 Å². The van der Waals surface area contributed by atoms with Gasteiger partial charge < -0.3 is 10.2 Å². The zero-order chi connectivity index (χ0) is 13.0. The third-order valence-corrected chi connectivity index (χ3v) is 3.92. The van der Waals surface area contributed by atoms with Crippen molar-refractivity contribution in [3.63, 3.8) is 0 Å². The summed E-state index contributed by atoms with van der Waals surface area (Å²) in [4.78, 5) is 2.39. The first-order valence-corrected chi connectivity index (χ1v) is 6.82. The smallest absolute Gasteiger partial charge is 0.123 e. The summed E-state index contributed by atoms with van der Waals surface area (Å²) in [6.45, 7) is 5.61. The lowest BCUT2D eigenvalue weighted by Crippen LogP contribution is -2.35.